The van der Waals surface area contributed by atoms with E-state index in [2.05, 4.69) is 6.92 Å². The highest BCUT2D eigenvalue weighted by atomic mass is 31.2. The zero-order valence-electron chi connectivity index (χ0n) is 14.9. The second kappa shape index (κ2) is 5.63. The SMILES string of the molecule is C[C@]12CCC3C(CCC4=CC(=O)C=C[C@]43O)C1CCC2OP(C)(=O)O. The minimum Gasteiger partial charge on any atom is -0.381 e. The van der Waals surface area contributed by atoms with Crippen molar-refractivity contribution >= 4 is 13.4 Å². The third-order valence-corrected chi connectivity index (χ3v) is 7.96. The van der Waals surface area contributed by atoms with Crippen molar-refractivity contribution in [1.29, 1.82) is 0 Å². The Hall–Kier alpha value is -0.740. The summed E-state index contributed by atoms with van der Waals surface area (Å²) in [6, 6.07) is 0. The molecule has 0 amide bonds. The molecule has 0 aromatic rings. The maximum absolute atomic E-state index is 11.8. The lowest BCUT2D eigenvalue weighted by Gasteiger charge is -2.55. The fourth-order valence-corrected chi connectivity index (χ4v) is 7.02. The second-order valence-corrected chi connectivity index (χ2v) is 10.5. The van der Waals surface area contributed by atoms with Crippen molar-refractivity contribution < 1.29 is 23.9 Å². The van der Waals surface area contributed by atoms with Crippen LogP contribution in [0.1, 0.15) is 45.4 Å². The van der Waals surface area contributed by atoms with Gasteiger partial charge in [0.15, 0.2) is 5.78 Å². The molecule has 2 N–H and O–H groups in total. The third-order valence-electron chi connectivity index (χ3n) is 7.32. The van der Waals surface area contributed by atoms with Crippen molar-refractivity contribution in [1.82, 2.24) is 0 Å². The number of carbonyl (C=O) groups excluding carboxylic acids is 1. The summed E-state index contributed by atoms with van der Waals surface area (Å²) in [6.07, 6.45) is 9.86. The van der Waals surface area contributed by atoms with Gasteiger partial charge < -0.3 is 14.5 Å². The van der Waals surface area contributed by atoms with Gasteiger partial charge in [-0.05, 0) is 85.5 Å². The van der Waals surface area contributed by atoms with Crippen molar-refractivity contribution in [3.8, 4) is 0 Å². The molecule has 5 nitrogen and oxygen atoms in total. The molecule has 4 aliphatic rings. The van der Waals surface area contributed by atoms with Crippen molar-refractivity contribution in [3.63, 3.8) is 0 Å². The summed E-state index contributed by atoms with van der Waals surface area (Å²) in [5.74, 6) is 0.840. The predicted octanol–water partition coefficient (Wildman–Crippen LogP) is 3.22. The molecule has 7 atom stereocenters. The summed E-state index contributed by atoms with van der Waals surface area (Å²) in [5.41, 5.74) is -0.237. The Labute approximate surface area is 148 Å². The largest absolute Gasteiger partial charge is 0.381 e. The van der Waals surface area contributed by atoms with Crippen molar-refractivity contribution in [3.05, 3.63) is 23.8 Å². The predicted molar refractivity (Wildman–Crippen MR) is 94.1 cm³/mol. The minimum absolute atomic E-state index is 0.0326. The minimum atomic E-state index is -3.51. The van der Waals surface area contributed by atoms with E-state index in [9.17, 15) is 19.4 Å². The van der Waals surface area contributed by atoms with E-state index in [0.29, 0.717) is 11.8 Å². The number of aliphatic hydroxyl groups is 1. The van der Waals surface area contributed by atoms with Crippen molar-refractivity contribution in [2.75, 3.05) is 6.66 Å². The molecule has 6 heteroatoms. The first-order valence-corrected chi connectivity index (χ1v) is 11.3. The van der Waals surface area contributed by atoms with Gasteiger partial charge in [0.25, 0.3) is 0 Å². The number of hydrogen-bond acceptors (Lipinski definition) is 4. The van der Waals surface area contributed by atoms with Gasteiger partial charge in [-0.15, -0.1) is 0 Å². The maximum atomic E-state index is 11.8. The van der Waals surface area contributed by atoms with Gasteiger partial charge >= 0.3 is 7.60 Å². The molecule has 25 heavy (non-hydrogen) atoms. The van der Waals surface area contributed by atoms with Crippen LogP contribution in [0.15, 0.2) is 23.8 Å². The van der Waals surface area contributed by atoms with Crippen LogP contribution < -0.4 is 0 Å². The zero-order chi connectivity index (χ0) is 18.0. The standard InChI is InChI=1S/C19H27O5P/c1-18-9-8-16-14(15(18)5-6-17(18)24-25(2,22)23)4-3-12-11-13(20)7-10-19(12,16)21/h7,10-11,14-17,21H,3-6,8-9H2,1-2H3,(H,22,23)/t14?,15?,16?,17?,18-,19-/m0/s1. The lowest BCUT2D eigenvalue weighted by molar-refractivity contribution is -0.112. The third kappa shape index (κ3) is 2.71. The second-order valence-electron chi connectivity index (χ2n) is 8.67. The fraction of sp³-hybridized carbons (Fsp3) is 0.737. The van der Waals surface area contributed by atoms with Gasteiger partial charge in [0.2, 0.25) is 0 Å². The van der Waals surface area contributed by atoms with Gasteiger partial charge in [-0.2, -0.15) is 0 Å². The lowest BCUT2D eigenvalue weighted by atomic mass is 9.51. The van der Waals surface area contributed by atoms with Crippen LogP contribution in [0.2, 0.25) is 0 Å². The molecular weight excluding hydrogens is 339 g/mol. The molecule has 3 saturated carbocycles. The molecule has 0 spiro atoms. The number of hydrogen-bond donors (Lipinski definition) is 2. The Kier molecular flexibility index (Phi) is 3.98. The van der Waals surface area contributed by atoms with Crippen LogP contribution in [0.4, 0.5) is 0 Å². The smallest absolute Gasteiger partial charge is 0.325 e. The van der Waals surface area contributed by atoms with Crippen LogP contribution in [0.5, 0.6) is 0 Å². The molecule has 0 saturated heterocycles. The van der Waals surface area contributed by atoms with E-state index in [1.807, 2.05) is 0 Å². The number of rotatable bonds is 2. The lowest BCUT2D eigenvalue weighted by Crippen LogP contribution is -2.54. The van der Waals surface area contributed by atoms with Crippen molar-refractivity contribution in [2.45, 2.75) is 57.2 Å². The normalized spacial score (nSPS) is 48.2. The molecule has 4 rings (SSSR count). The summed E-state index contributed by atoms with van der Waals surface area (Å²) in [5, 5.41) is 11.3. The van der Waals surface area contributed by atoms with E-state index in [1.54, 1.807) is 12.2 Å². The first-order valence-electron chi connectivity index (χ1n) is 9.29. The Morgan fingerprint density at radius 2 is 2.00 bits per heavy atom. The average molecular weight is 366 g/mol. The van der Waals surface area contributed by atoms with Gasteiger partial charge in [-0.1, -0.05) is 6.92 Å². The van der Waals surface area contributed by atoms with Crippen LogP contribution in [-0.2, 0) is 13.9 Å². The summed E-state index contributed by atoms with van der Waals surface area (Å²) in [4.78, 5) is 21.4. The zero-order valence-corrected chi connectivity index (χ0v) is 15.7. The highest BCUT2D eigenvalue weighted by Crippen LogP contribution is 2.64. The highest BCUT2D eigenvalue weighted by molar-refractivity contribution is 7.51. The highest BCUT2D eigenvalue weighted by Gasteiger charge is 2.60. The molecule has 0 bridgehead atoms. The molecule has 0 aromatic carbocycles. The molecule has 4 aliphatic carbocycles. The van der Waals surface area contributed by atoms with Crippen LogP contribution in [0.3, 0.4) is 0 Å². The molecule has 138 valence electrons. The van der Waals surface area contributed by atoms with Gasteiger partial charge in [0, 0.05) is 6.66 Å². The van der Waals surface area contributed by atoms with E-state index >= 15 is 0 Å². The van der Waals surface area contributed by atoms with E-state index in [-0.39, 0.29) is 23.2 Å². The summed E-state index contributed by atoms with van der Waals surface area (Å²) < 4.78 is 17.4. The van der Waals surface area contributed by atoms with Crippen molar-refractivity contribution in [2.24, 2.45) is 23.2 Å². The number of allylic oxidation sites excluding steroid dienone is 2. The van der Waals surface area contributed by atoms with Crippen LogP contribution in [0.25, 0.3) is 0 Å². The Morgan fingerprint density at radius 1 is 1.24 bits per heavy atom. The monoisotopic (exact) mass is 366 g/mol. The number of carbonyl (C=O) groups is 1. The quantitative estimate of drug-likeness (QED) is 0.733. The first-order chi connectivity index (χ1) is 11.6. The van der Waals surface area contributed by atoms with Gasteiger partial charge in [0.05, 0.1) is 6.10 Å². The fourth-order valence-electron chi connectivity index (χ4n) is 6.21. The number of ketones is 1. The van der Waals surface area contributed by atoms with Crippen LogP contribution in [-0.4, -0.2) is 34.2 Å². The van der Waals surface area contributed by atoms with Gasteiger partial charge in [0.1, 0.15) is 5.60 Å². The molecular formula is C19H27O5P. The van der Waals surface area contributed by atoms with Crippen LogP contribution in [0, 0.1) is 23.2 Å². The molecule has 0 aliphatic heterocycles. The molecule has 0 radical (unpaired) electrons. The van der Waals surface area contributed by atoms with E-state index < -0.39 is 13.2 Å². The molecule has 5 unspecified atom stereocenters. The molecule has 0 aromatic heterocycles. The Morgan fingerprint density at radius 3 is 2.72 bits per heavy atom. The van der Waals surface area contributed by atoms with E-state index in [4.69, 9.17) is 4.52 Å². The molecule has 0 heterocycles. The Balaban J connectivity index is 1.62. The molecule has 3 fully saturated rings. The maximum Gasteiger partial charge on any atom is 0.325 e. The van der Waals surface area contributed by atoms with Gasteiger partial charge in [-0.3, -0.25) is 9.36 Å². The summed E-state index contributed by atoms with van der Waals surface area (Å²) in [6.45, 7) is 3.45. The van der Waals surface area contributed by atoms with Crippen LogP contribution >= 0.6 is 7.60 Å². The topological polar surface area (TPSA) is 83.8 Å². The van der Waals surface area contributed by atoms with Gasteiger partial charge in [-0.25, -0.2) is 0 Å². The van der Waals surface area contributed by atoms with E-state index in [1.165, 1.54) is 12.7 Å². The summed E-state index contributed by atoms with van der Waals surface area (Å²) >= 11 is 0. The Bertz CT molecular complexity index is 707. The average Bonchev–Trinajstić information content (AvgIpc) is 2.83. The number of fused-ring (bicyclic) bond motifs is 5. The summed E-state index contributed by atoms with van der Waals surface area (Å²) in [7, 11) is -3.51. The first kappa shape index (κ1) is 17.7. The van der Waals surface area contributed by atoms with E-state index in [0.717, 1.165) is 44.1 Å².